The molecule has 1 aliphatic carbocycles. The van der Waals surface area contributed by atoms with Gasteiger partial charge in [-0.2, -0.15) is 9.97 Å². The highest BCUT2D eigenvalue weighted by molar-refractivity contribution is 6.03. The number of benzene rings is 2. The van der Waals surface area contributed by atoms with Crippen molar-refractivity contribution in [3.8, 4) is 35.4 Å². The number of pyridine rings is 1. The van der Waals surface area contributed by atoms with Gasteiger partial charge in [0.15, 0.2) is 5.82 Å². The molecule has 0 amide bonds. The van der Waals surface area contributed by atoms with Crippen molar-refractivity contribution in [2.75, 3.05) is 31.1 Å². The summed E-state index contributed by atoms with van der Waals surface area (Å²) < 4.78 is 53.6. The zero-order valence-corrected chi connectivity index (χ0v) is 27.1. The lowest BCUT2D eigenvalue weighted by atomic mass is 9.82. The van der Waals surface area contributed by atoms with Gasteiger partial charge >= 0.3 is 6.01 Å². The fraction of sp³-hybridized carbons (Fsp3) is 0.500. The Labute approximate surface area is 282 Å². The normalized spacial score (nSPS) is 31.5. The third-order valence-corrected chi connectivity index (χ3v) is 12.6. The second-order valence-electron chi connectivity index (χ2n) is 15.1. The van der Waals surface area contributed by atoms with Gasteiger partial charge in [0.1, 0.15) is 41.4 Å². The SMILES string of the molecule is C#Cc1c(F)ccc2cc(O)cc(-c3nc4c5c(nc(OC[C@@]67CCCN6C[C@H](F)C7)nc5c3F)N3C[C@H]5CC[C@H](N5)[C@@H]3[C@H]3CCC[C@@H]43)c12. The van der Waals surface area contributed by atoms with Crippen LogP contribution in [0.3, 0.4) is 0 Å². The van der Waals surface area contributed by atoms with E-state index in [9.17, 15) is 9.50 Å². The number of alkyl halides is 1. The average molecular weight is 667 g/mol. The molecule has 6 aliphatic rings. The first-order valence-electron chi connectivity index (χ1n) is 17.7. The number of ether oxygens (including phenoxy) is 1. The van der Waals surface area contributed by atoms with Crippen LogP contribution in [0, 0.1) is 29.9 Å². The van der Waals surface area contributed by atoms with Crippen molar-refractivity contribution < 1.29 is 23.0 Å². The van der Waals surface area contributed by atoms with Crippen molar-refractivity contribution in [3.05, 3.63) is 47.2 Å². The van der Waals surface area contributed by atoms with Crippen LogP contribution in [-0.2, 0) is 0 Å². The lowest BCUT2D eigenvalue weighted by Crippen LogP contribution is -2.60. The van der Waals surface area contributed by atoms with Crippen LogP contribution in [0.5, 0.6) is 11.8 Å². The molecule has 0 unspecified atom stereocenters. The Hall–Kier alpha value is -4.14. The molecule has 49 heavy (non-hydrogen) atoms. The van der Waals surface area contributed by atoms with Gasteiger partial charge in [-0.05, 0) is 74.6 Å². The predicted octanol–water partition coefficient (Wildman–Crippen LogP) is 5.97. The molecule has 4 aromatic rings. The number of terminal acetylenes is 1. The first-order valence-corrected chi connectivity index (χ1v) is 17.7. The second kappa shape index (κ2) is 10.7. The van der Waals surface area contributed by atoms with E-state index >= 15 is 8.78 Å². The van der Waals surface area contributed by atoms with Crippen molar-refractivity contribution >= 4 is 27.5 Å². The van der Waals surface area contributed by atoms with Gasteiger partial charge in [-0.25, -0.2) is 18.2 Å². The summed E-state index contributed by atoms with van der Waals surface area (Å²) in [5.41, 5.74) is 0.535. The maximum atomic E-state index is 17.4. The van der Waals surface area contributed by atoms with E-state index in [2.05, 4.69) is 21.0 Å². The molecule has 0 spiro atoms. The maximum absolute atomic E-state index is 17.4. The van der Waals surface area contributed by atoms with E-state index in [0.29, 0.717) is 41.0 Å². The maximum Gasteiger partial charge on any atom is 0.319 e. The standard InChI is InChI=1S/C38H37F3N6O2/c1-2-23-27(40)9-7-19-13-22(48)14-26(29(19)23)33-31(41)34-30-32(43-33)24-5-3-6-25(24)35-28-10-8-21(42-28)17-47(35)36(30)45-37(44-34)49-18-38-11-4-12-46(38)16-20(39)15-38/h1,7,9,13-14,20-21,24-25,28,35,42,48H,3-6,8,10-12,15-18H2/t20-,21-,24-,25+,28+,35+,38+/m1/s1. The number of phenols is 1. The van der Waals surface area contributed by atoms with Crippen LogP contribution >= 0.6 is 0 Å². The number of hydrogen-bond acceptors (Lipinski definition) is 8. The van der Waals surface area contributed by atoms with Crippen molar-refractivity contribution in [3.63, 3.8) is 0 Å². The van der Waals surface area contributed by atoms with Crippen LogP contribution in [0.4, 0.5) is 19.0 Å². The van der Waals surface area contributed by atoms with E-state index in [1.807, 2.05) is 0 Å². The molecule has 7 atom stereocenters. The van der Waals surface area contributed by atoms with Crippen LogP contribution in [0.15, 0.2) is 24.3 Å². The molecule has 10 rings (SSSR count). The Bertz CT molecular complexity index is 2100. The molecule has 5 fully saturated rings. The number of nitrogens with one attached hydrogen (secondary N) is 1. The molecule has 2 N–H and O–H groups in total. The van der Waals surface area contributed by atoms with Crippen LogP contribution in [0.2, 0.25) is 0 Å². The molecule has 2 bridgehead atoms. The number of anilines is 1. The molecule has 4 saturated heterocycles. The van der Waals surface area contributed by atoms with Crippen molar-refractivity contribution in [1.82, 2.24) is 25.2 Å². The lowest BCUT2D eigenvalue weighted by Gasteiger charge is -2.44. The van der Waals surface area contributed by atoms with Gasteiger partial charge in [-0.3, -0.25) is 4.90 Å². The van der Waals surface area contributed by atoms with E-state index in [0.717, 1.165) is 63.7 Å². The van der Waals surface area contributed by atoms with E-state index in [1.165, 1.54) is 24.3 Å². The topological polar surface area (TPSA) is 86.6 Å². The van der Waals surface area contributed by atoms with Crippen LogP contribution in [0.1, 0.15) is 68.5 Å². The first kappa shape index (κ1) is 29.7. The summed E-state index contributed by atoms with van der Waals surface area (Å²) in [4.78, 5) is 19.5. The molecule has 5 aliphatic heterocycles. The molecule has 0 radical (unpaired) electrons. The Morgan fingerprint density at radius 1 is 1.06 bits per heavy atom. The summed E-state index contributed by atoms with van der Waals surface area (Å²) in [7, 11) is 0. The monoisotopic (exact) mass is 666 g/mol. The lowest BCUT2D eigenvalue weighted by molar-refractivity contribution is 0.107. The predicted molar refractivity (Wildman–Crippen MR) is 179 cm³/mol. The van der Waals surface area contributed by atoms with Crippen LogP contribution in [0.25, 0.3) is 32.9 Å². The van der Waals surface area contributed by atoms with E-state index in [1.54, 1.807) is 0 Å². The number of nitrogens with zero attached hydrogens (tertiary/aromatic N) is 5. The van der Waals surface area contributed by atoms with E-state index < -0.39 is 23.3 Å². The number of hydrogen-bond donors (Lipinski definition) is 2. The number of rotatable bonds is 4. The number of halogens is 3. The second-order valence-corrected chi connectivity index (χ2v) is 15.1. The Balaban J connectivity index is 1.22. The largest absolute Gasteiger partial charge is 0.508 e. The van der Waals surface area contributed by atoms with Crippen molar-refractivity contribution in [2.45, 2.75) is 87.1 Å². The summed E-state index contributed by atoms with van der Waals surface area (Å²) >= 11 is 0. The Kier molecular flexibility index (Phi) is 6.48. The summed E-state index contributed by atoms with van der Waals surface area (Å²) in [5, 5.41) is 16.0. The number of aromatic nitrogens is 3. The quantitative estimate of drug-likeness (QED) is 0.258. The summed E-state index contributed by atoms with van der Waals surface area (Å²) in [6.45, 7) is 2.18. The summed E-state index contributed by atoms with van der Waals surface area (Å²) in [6, 6.07) is 6.46. The third kappa shape index (κ3) is 4.29. The van der Waals surface area contributed by atoms with Crippen molar-refractivity contribution in [1.29, 1.82) is 0 Å². The third-order valence-electron chi connectivity index (χ3n) is 12.6. The van der Waals surface area contributed by atoms with Gasteiger partial charge < -0.3 is 20.1 Å². The minimum absolute atomic E-state index is 0.0202. The number of fused-ring (bicyclic) bond motifs is 10. The Morgan fingerprint density at radius 3 is 2.84 bits per heavy atom. The molecule has 2 aromatic heterocycles. The van der Waals surface area contributed by atoms with Crippen molar-refractivity contribution in [2.24, 2.45) is 5.92 Å². The average Bonchev–Trinajstić information content (AvgIpc) is 3.86. The fourth-order valence-corrected chi connectivity index (χ4v) is 10.6. The number of aromatic hydroxyl groups is 1. The molecule has 8 nitrogen and oxygen atoms in total. The highest BCUT2D eigenvalue weighted by Gasteiger charge is 2.52. The van der Waals surface area contributed by atoms with Gasteiger partial charge in [-0.1, -0.05) is 18.4 Å². The fourth-order valence-electron chi connectivity index (χ4n) is 10.6. The van der Waals surface area contributed by atoms with Gasteiger partial charge in [0.2, 0.25) is 0 Å². The minimum Gasteiger partial charge on any atom is -0.508 e. The zero-order valence-electron chi connectivity index (χ0n) is 27.1. The number of piperazine rings is 1. The highest BCUT2D eigenvalue weighted by atomic mass is 19.1. The first-order chi connectivity index (χ1) is 23.8. The van der Waals surface area contributed by atoms with Crippen LogP contribution < -0.4 is 15.0 Å². The smallest absolute Gasteiger partial charge is 0.319 e. The molecule has 2 aromatic carbocycles. The molecule has 7 heterocycles. The van der Waals surface area contributed by atoms with Gasteiger partial charge in [0, 0.05) is 54.5 Å². The Morgan fingerprint density at radius 2 is 1.96 bits per heavy atom. The molecule has 11 heteroatoms. The summed E-state index contributed by atoms with van der Waals surface area (Å²) in [6.07, 6.45) is 12.2. The van der Waals surface area contributed by atoms with Gasteiger partial charge in [0.25, 0.3) is 0 Å². The van der Waals surface area contributed by atoms with E-state index in [4.69, 9.17) is 26.1 Å². The van der Waals surface area contributed by atoms with E-state index in [-0.39, 0.29) is 64.6 Å². The molecular weight excluding hydrogens is 629 g/mol. The minimum atomic E-state index is -0.911. The summed E-state index contributed by atoms with van der Waals surface area (Å²) in [5.74, 6) is 1.94. The molecule has 1 saturated carbocycles. The molecule has 252 valence electrons. The molecular formula is C38H37F3N6O2. The zero-order chi connectivity index (χ0) is 33.2. The van der Waals surface area contributed by atoms with Gasteiger partial charge in [-0.15, -0.1) is 6.42 Å². The highest BCUT2D eigenvalue weighted by Crippen LogP contribution is 2.53. The van der Waals surface area contributed by atoms with Gasteiger partial charge in [0.05, 0.1) is 22.2 Å². The van der Waals surface area contributed by atoms with Crippen LogP contribution in [-0.4, -0.2) is 81.0 Å². The number of phenolic OH excluding ortho intramolecular Hbond substituents is 1.